The van der Waals surface area contributed by atoms with Gasteiger partial charge in [-0.15, -0.1) is 11.3 Å². The molecular formula is C15H14N4O3S. The monoisotopic (exact) mass is 330 g/mol. The van der Waals surface area contributed by atoms with Crippen molar-refractivity contribution in [3.05, 3.63) is 41.4 Å². The Morgan fingerprint density at radius 3 is 3.04 bits per heavy atom. The lowest BCUT2D eigenvalue weighted by molar-refractivity contribution is 0.0656. The zero-order valence-corrected chi connectivity index (χ0v) is 12.8. The van der Waals surface area contributed by atoms with E-state index in [4.69, 9.17) is 10.5 Å². The van der Waals surface area contributed by atoms with E-state index < -0.39 is 6.23 Å². The van der Waals surface area contributed by atoms with Crippen molar-refractivity contribution in [2.24, 2.45) is 0 Å². The first-order valence-corrected chi connectivity index (χ1v) is 7.90. The maximum Gasteiger partial charge on any atom is 0.185 e. The molecule has 1 atom stereocenters. The van der Waals surface area contributed by atoms with Crippen LogP contribution in [0, 0.1) is 0 Å². The van der Waals surface area contributed by atoms with E-state index in [9.17, 15) is 10.2 Å². The number of nitrogen functional groups attached to an aromatic ring is 1. The highest BCUT2D eigenvalue weighted by Gasteiger charge is 2.28. The van der Waals surface area contributed by atoms with Crippen LogP contribution in [0.4, 0.5) is 5.82 Å². The zero-order valence-electron chi connectivity index (χ0n) is 12.0. The zero-order chi connectivity index (χ0) is 16.0. The second kappa shape index (κ2) is 5.25. The van der Waals surface area contributed by atoms with Crippen LogP contribution in [0.25, 0.3) is 21.6 Å². The molecule has 4 rings (SSSR count). The molecule has 0 amide bonds. The minimum Gasteiger partial charge on any atom is -0.508 e. The molecule has 3 aromatic rings. The largest absolute Gasteiger partial charge is 0.508 e. The van der Waals surface area contributed by atoms with E-state index in [0.717, 1.165) is 16.0 Å². The molecule has 1 aliphatic rings. The Bertz CT molecular complexity index is 901. The molecule has 0 saturated carbocycles. The third-order valence-corrected chi connectivity index (χ3v) is 4.66. The average molecular weight is 330 g/mol. The molecule has 3 aromatic heterocycles. The smallest absolute Gasteiger partial charge is 0.185 e. The number of rotatable bonds is 3. The molecule has 0 aromatic carbocycles. The highest BCUT2D eigenvalue weighted by molar-refractivity contribution is 7.13. The summed E-state index contributed by atoms with van der Waals surface area (Å²) in [4.78, 5) is 9.87. The molecule has 0 bridgehead atoms. The van der Waals surface area contributed by atoms with E-state index >= 15 is 0 Å². The molecule has 118 valence electrons. The fourth-order valence-corrected chi connectivity index (χ4v) is 3.44. The first-order valence-electron chi connectivity index (χ1n) is 7.03. The van der Waals surface area contributed by atoms with Crippen LogP contribution in [0.5, 0.6) is 0 Å². The molecule has 0 fully saturated rings. The van der Waals surface area contributed by atoms with Crippen LogP contribution in [0.2, 0.25) is 0 Å². The van der Waals surface area contributed by atoms with Crippen molar-refractivity contribution in [2.45, 2.75) is 12.6 Å². The number of hydrogen-bond acceptors (Lipinski definition) is 7. The summed E-state index contributed by atoms with van der Waals surface area (Å²) in [6.45, 7) is -0.342. The van der Waals surface area contributed by atoms with Gasteiger partial charge in [-0.1, -0.05) is 6.07 Å². The van der Waals surface area contributed by atoms with Crippen molar-refractivity contribution in [1.82, 2.24) is 14.5 Å². The Morgan fingerprint density at radius 1 is 1.48 bits per heavy atom. The van der Waals surface area contributed by atoms with Crippen molar-refractivity contribution in [3.8, 4) is 10.4 Å². The summed E-state index contributed by atoms with van der Waals surface area (Å²) in [7, 11) is 0. The highest BCUT2D eigenvalue weighted by atomic mass is 32.1. The van der Waals surface area contributed by atoms with Gasteiger partial charge in [-0.2, -0.15) is 0 Å². The number of nitrogens with two attached hydrogens (primary N) is 1. The number of aliphatic hydroxyl groups is 2. The van der Waals surface area contributed by atoms with E-state index in [2.05, 4.69) is 9.97 Å². The summed E-state index contributed by atoms with van der Waals surface area (Å²) >= 11 is 1.60. The van der Waals surface area contributed by atoms with Gasteiger partial charge in [-0.3, -0.25) is 4.57 Å². The number of pyridine rings is 1. The topological polar surface area (TPSA) is 106 Å². The van der Waals surface area contributed by atoms with Gasteiger partial charge in [-0.05, 0) is 17.5 Å². The van der Waals surface area contributed by atoms with Crippen LogP contribution < -0.4 is 5.73 Å². The standard InChI is InChI=1S/C15H14N4O3S/c16-12-4-8(11-2-1-3-23-11)14-15(18-12)19(7-17-14)13-5-9(21)10(6-20)22-13/h1-4,7,13,20-21H,5-6H2,(H2,16,18)/t13-/m1/s1. The number of thiophene rings is 1. The number of aromatic nitrogens is 3. The van der Waals surface area contributed by atoms with Gasteiger partial charge in [0.25, 0.3) is 0 Å². The molecule has 0 unspecified atom stereocenters. The highest BCUT2D eigenvalue weighted by Crippen LogP contribution is 2.36. The molecule has 23 heavy (non-hydrogen) atoms. The number of nitrogens with zero attached hydrogens (tertiary/aromatic N) is 3. The number of aliphatic hydroxyl groups excluding tert-OH is 2. The summed E-state index contributed by atoms with van der Waals surface area (Å²) in [6.07, 6.45) is 1.38. The van der Waals surface area contributed by atoms with E-state index in [0.29, 0.717) is 11.5 Å². The molecule has 4 N–H and O–H groups in total. The van der Waals surface area contributed by atoms with E-state index in [1.165, 1.54) is 0 Å². The van der Waals surface area contributed by atoms with Crippen molar-refractivity contribution >= 4 is 28.3 Å². The molecule has 4 heterocycles. The number of anilines is 1. The Hall–Kier alpha value is -2.58. The average Bonchev–Trinajstić information content (AvgIpc) is 3.24. The number of hydrogen-bond donors (Lipinski definition) is 3. The number of imidazole rings is 1. The summed E-state index contributed by atoms with van der Waals surface area (Å²) in [5.74, 6) is 0.612. The second-order valence-electron chi connectivity index (χ2n) is 5.20. The Morgan fingerprint density at radius 2 is 2.35 bits per heavy atom. The van der Waals surface area contributed by atoms with Gasteiger partial charge in [0.2, 0.25) is 0 Å². The van der Waals surface area contributed by atoms with Gasteiger partial charge < -0.3 is 20.7 Å². The second-order valence-corrected chi connectivity index (χ2v) is 6.15. The minimum atomic E-state index is -0.493. The van der Waals surface area contributed by atoms with Crippen LogP contribution in [0.3, 0.4) is 0 Å². The Kier molecular flexibility index (Phi) is 3.21. The molecule has 0 spiro atoms. The lowest BCUT2D eigenvalue weighted by Crippen LogP contribution is -2.09. The molecular weight excluding hydrogens is 316 g/mol. The molecule has 1 aliphatic heterocycles. The van der Waals surface area contributed by atoms with Crippen LogP contribution in [0.1, 0.15) is 12.6 Å². The van der Waals surface area contributed by atoms with Gasteiger partial charge in [0, 0.05) is 10.4 Å². The lowest BCUT2D eigenvalue weighted by Gasteiger charge is -2.14. The van der Waals surface area contributed by atoms with Gasteiger partial charge in [-0.25, -0.2) is 9.97 Å². The van der Waals surface area contributed by atoms with Gasteiger partial charge in [0.15, 0.2) is 17.6 Å². The summed E-state index contributed by atoms with van der Waals surface area (Å²) < 4.78 is 7.29. The van der Waals surface area contributed by atoms with Crippen molar-refractivity contribution < 1.29 is 14.9 Å². The maximum absolute atomic E-state index is 9.81. The number of ether oxygens (including phenoxy) is 1. The van der Waals surface area contributed by atoms with E-state index in [1.807, 2.05) is 17.5 Å². The Balaban J connectivity index is 1.82. The van der Waals surface area contributed by atoms with Gasteiger partial charge in [0.1, 0.15) is 30.0 Å². The quantitative estimate of drug-likeness (QED) is 0.681. The molecule has 0 aliphatic carbocycles. The van der Waals surface area contributed by atoms with Crippen molar-refractivity contribution in [3.63, 3.8) is 0 Å². The third-order valence-electron chi connectivity index (χ3n) is 3.76. The minimum absolute atomic E-state index is 0.0433. The number of fused-ring (bicyclic) bond motifs is 1. The summed E-state index contributed by atoms with van der Waals surface area (Å²) in [5, 5.41) is 21.0. The third kappa shape index (κ3) is 2.23. The van der Waals surface area contributed by atoms with E-state index in [1.54, 1.807) is 28.3 Å². The molecule has 0 saturated heterocycles. The first kappa shape index (κ1) is 14.0. The van der Waals surface area contributed by atoms with Crippen LogP contribution >= 0.6 is 11.3 Å². The fraction of sp³-hybridized carbons (Fsp3) is 0.200. The fourth-order valence-electron chi connectivity index (χ4n) is 2.69. The van der Waals surface area contributed by atoms with Crippen molar-refractivity contribution in [1.29, 1.82) is 0 Å². The lowest BCUT2D eigenvalue weighted by atomic mass is 10.2. The van der Waals surface area contributed by atoms with Crippen LogP contribution in [-0.2, 0) is 4.74 Å². The predicted molar refractivity (Wildman–Crippen MR) is 86.7 cm³/mol. The summed E-state index contributed by atoms with van der Waals surface area (Å²) in [6, 6.07) is 5.77. The normalized spacial score (nSPS) is 17.9. The predicted octanol–water partition coefficient (Wildman–Crippen LogP) is 2.42. The first-order chi connectivity index (χ1) is 11.2. The SMILES string of the molecule is Nc1cc(-c2cccs2)c2ncn([C@H]3CC(O)=C(CO)O3)c2n1. The van der Waals surface area contributed by atoms with Gasteiger partial charge >= 0.3 is 0 Å². The van der Waals surface area contributed by atoms with Gasteiger partial charge in [0.05, 0.1) is 6.42 Å². The molecule has 0 radical (unpaired) electrons. The van der Waals surface area contributed by atoms with E-state index in [-0.39, 0.29) is 24.5 Å². The Labute approximate surface area is 135 Å². The summed E-state index contributed by atoms with van der Waals surface area (Å²) in [5.41, 5.74) is 8.18. The van der Waals surface area contributed by atoms with Crippen molar-refractivity contribution in [2.75, 3.05) is 12.3 Å². The maximum atomic E-state index is 9.81. The van der Waals surface area contributed by atoms with Crippen LogP contribution in [-0.4, -0.2) is 31.4 Å². The molecule has 8 heteroatoms. The van der Waals surface area contributed by atoms with Crippen LogP contribution in [0.15, 0.2) is 41.4 Å². The molecule has 7 nitrogen and oxygen atoms in total.